The lowest BCUT2D eigenvalue weighted by Crippen LogP contribution is -2.42. The summed E-state index contributed by atoms with van der Waals surface area (Å²) in [4.78, 5) is 0. The molecule has 0 spiro atoms. The largest absolute Gasteiger partial charge is 0.402 e. The summed E-state index contributed by atoms with van der Waals surface area (Å²) in [5.41, 5.74) is 0. The van der Waals surface area contributed by atoms with Gasteiger partial charge in [-0.3, -0.25) is 0 Å². The second-order valence-corrected chi connectivity index (χ2v) is 5.50. The van der Waals surface area contributed by atoms with Gasteiger partial charge in [-0.15, -0.1) is 12.4 Å². The Bertz CT molecular complexity index is 331. The summed E-state index contributed by atoms with van der Waals surface area (Å²) in [6.07, 6.45) is -1.95. The van der Waals surface area contributed by atoms with Crippen LogP contribution in [0.25, 0.3) is 0 Å². The van der Waals surface area contributed by atoms with Crippen molar-refractivity contribution >= 4 is 22.6 Å². The average molecular weight is 312 g/mol. The summed E-state index contributed by atoms with van der Waals surface area (Å²) >= 11 is 0. The first kappa shape index (κ1) is 17.9. The zero-order valence-corrected chi connectivity index (χ0v) is 11.2. The van der Waals surface area contributed by atoms with Crippen molar-refractivity contribution in [3.8, 4) is 0 Å². The van der Waals surface area contributed by atoms with Crippen molar-refractivity contribution in [3.63, 3.8) is 0 Å². The van der Waals surface area contributed by atoms with Gasteiger partial charge in [0.15, 0.2) is 0 Å². The molecule has 0 aromatic rings. The summed E-state index contributed by atoms with van der Waals surface area (Å²) in [6.45, 7) is -0.515. The van der Waals surface area contributed by atoms with Crippen LogP contribution in [-0.2, 0) is 10.2 Å². The van der Waals surface area contributed by atoms with Gasteiger partial charge in [0.05, 0.1) is 0 Å². The number of alkyl halides is 3. The highest BCUT2D eigenvalue weighted by Crippen LogP contribution is 2.12. The van der Waals surface area contributed by atoms with E-state index in [4.69, 9.17) is 0 Å². The number of rotatable bonds is 6. The Morgan fingerprint density at radius 1 is 1.28 bits per heavy atom. The zero-order chi connectivity index (χ0) is 12.9. The lowest BCUT2D eigenvalue weighted by Gasteiger charge is -2.12. The van der Waals surface area contributed by atoms with E-state index in [-0.39, 0.29) is 25.0 Å². The molecule has 5 nitrogen and oxygen atoms in total. The van der Waals surface area contributed by atoms with E-state index in [1.54, 1.807) is 0 Å². The summed E-state index contributed by atoms with van der Waals surface area (Å²) in [7, 11) is -4.05. The molecule has 18 heavy (non-hydrogen) atoms. The highest BCUT2D eigenvalue weighted by Gasteiger charge is 2.29. The van der Waals surface area contributed by atoms with Gasteiger partial charge in [0.25, 0.3) is 10.2 Å². The minimum Gasteiger partial charge on any atom is -0.314 e. The molecule has 1 aliphatic rings. The van der Waals surface area contributed by atoms with Gasteiger partial charge >= 0.3 is 6.18 Å². The fourth-order valence-electron chi connectivity index (χ4n) is 1.60. The molecule has 1 aliphatic heterocycles. The summed E-state index contributed by atoms with van der Waals surface area (Å²) in [5, 5.41) is 3.16. The van der Waals surface area contributed by atoms with Crippen molar-refractivity contribution in [2.75, 3.05) is 19.6 Å². The molecule has 0 radical (unpaired) electrons. The van der Waals surface area contributed by atoms with Crippen molar-refractivity contribution in [1.82, 2.24) is 14.8 Å². The van der Waals surface area contributed by atoms with Crippen molar-refractivity contribution in [2.24, 2.45) is 0 Å². The van der Waals surface area contributed by atoms with Gasteiger partial charge in [0.2, 0.25) is 0 Å². The molecule has 10 heteroatoms. The van der Waals surface area contributed by atoms with E-state index in [1.165, 1.54) is 4.72 Å². The van der Waals surface area contributed by atoms with Crippen LogP contribution in [0, 0.1) is 0 Å². The maximum Gasteiger partial charge on any atom is 0.402 e. The first-order valence-electron chi connectivity index (χ1n) is 5.33. The number of hydrogen-bond acceptors (Lipinski definition) is 3. The van der Waals surface area contributed by atoms with Gasteiger partial charge in [-0.05, 0) is 25.8 Å². The van der Waals surface area contributed by atoms with Crippen LogP contribution in [0.1, 0.15) is 19.3 Å². The normalized spacial score (nSPS) is 20.7. The van der Waals surface area contributed by atoms with Crippen molar-refractivity contribution < 1.29 is 21.6 Å². The maximum atomic E-state index is 11.8. The minimum atomic E-state index is -4.54. The monoisotopic (exact) mass is 311 g/mol. The predicted octanol–water partition coefficient (Wildman–Crippen LogP) is 0.537. The Balaban J connectivity index is 0.00000289. The van der Waals surface area contributed by atoms with Gasteiger partial charge in [0.1, 0.15) is 6.54 Å². The van der Waals surface area contributed by atoms with Crippen LogP contribution in [0.15, 0.2) is 0 Å². The van der Waals surface area contributed by atoms with Gasteiger partial charge in [-0.2, -0.15) is 26.3 Å². The van der Waals surface area contributed by atoms with Crippen LogP contribution in [0.2, 0.25) is 0 Å². The smallest absolute Gasteiger partial charge is 0.314 e. The van der Waals surface area contributed by atoms with E-state index in [9.17, 15) is 21.6 Å². The van der Waals surface area contributed by atoms with Gasteiger partial charge < -0.3 is 5.32 Å². The van der Waals surface area contributed by atoms with Crippen LogP contribution < -0.4 is 14.8 Å². The van der Waals surface area contributed by atoms with E-state index >= 15 is 0 Å². The van der Waals surface area contributed by atoms with E-state index in [1.807, 2.05) is 0 Å². The quantitative estimate of drug-likeness (QED) is 0.670. The van der Waals surface area contributed by atoms with E-state index in [0.29, 0.717) is 6.42 Å². The maximum absolute atomic E-state index is 11.8. The standard InChI is InChI=1S/C8H16F3N3O2S.ClH/c9-8(10,11)6-14-17(15,16)13-5-3-7-2-1-4-12-7;/h7,12-14H,1-6H2;1H/t7-;/m1./s1. The summed E-state index contributed by atoms with van der Waals surface area (Å²) in [5.74, 6) is 0. The molecule has 0 aromatic carbocycles. The number of hydrogen-bond donors (Lipinski definition) is 3. The zero-order valence-electron chi connectivity index (χ0n) is 9.59. The fraction of sp³-hybridized carbons (Fsp3) is 1.00. The molecular weight excluding hydrogens is 295 g/mol. The fourth-order valence-corrected chi connectivity index (χ4v) is 2.44. The van der Waals surface area contributed by atoms with E-state index in [0.717, 1.165) is 19.4 Å². The molecule has 3 N–H and O–H groups in total. The Kier molecular flexibility index (Phi) is 7.45. The van der Waals surface area contributed by atoms with Gasteiger partial charge in [0, 0.05) is 12.6 Å². The molecule has 0 amide bonds. The Hall–Kier alpha value is -0.0900. The molecule has 1 saturated heterocycles. The Labute approximate surface area is 110 Å². The van der Waals surface area contributed by atoms with Crippen molar-refractivity contribution in [2.45, 2.75) is 31.5 Å². The van der Waals surface area contributed by atoms with Crippen LogP contribution in [-0.4, -0.2) is 40.3 Å². The third-order valence-electron chi connectivity index (χ3n) is 2.41. The first-order chi connectivity index (χ1) is 7.79. The Morgan fingerprint density at radius 2 is 1.94 bits per heavy atom. The second kappa shape index (κ2) is 7.49. The lowest BCUT2D eigenvalue weighted by molar-refractivity contribution is -0.121. The number of nitrogens with one attached hydrogen (secondary N) is 3. The highest BCUT2D eigenvalue weighted by atomic mass is 35.5. The third-order valence-corrected chi connectivity index (χ3v) is 3.52. The van der Waals surface area contributed by atoms with Gasteiger partial charge in [-0.1, -0.05) is 0 Å². The van der Waals surface area contributed by atoms with Crippen LogP contribution in [0.5, 0.6) is 0 Å². The molecule has 0 unspecified atom stereocenters. The molecule has 1 atom stereocenters. The van der Waals surface area contributed by atoms with Crippen LogP contribution in [0.4, 0.5) is 13.2 Å². The van der Waals surface area contributed by atoms with Crippen molar-refractivity contribution in [3.05, 3.63) is 0 Å². The average Bonchev–Trinajstić information content (AvgIpc) is 2.67. The lowest BCUT2D eigenvalue weighted by atomic mass is 10.2. The molecule has 0 saturated carbocycles. The molecule has 1 heterocycles. The molecular formula is C8H17ClF3N3O2S. The summed E-state index contributed by atoms with van der Waals surface area (Å²) < 4.78 is 61.1. The topological polar surface area (TPSA) is 70.2 Å². The molecule has 0 bridgehead atoms. The highest BCUT2D eigenvalue weighted by molar-refractivity contribution is 7.87. The van der Waals surface area contributed by atoms with Crippen LogP contribution >= 0.6 is 12.4 Å². The SMILES string of the molecule is Cl.O=S(=O)(NCC[C@H]1CCCN1)NCC(F)(F)F. The van der Waals surface area contributed by atoms with Crippen LogP contribution in [0.3, 0.4) is 0 Å². The second-order valence-electron chi connectivity index (χ2n) is 3.92. The van der Waals surface area contributed by atoms with E-state index in [2.05, 4.69) is 10.0 Å². The molecule has 0 aromatic heterocycles. The molecule has 0 aliphatic carbocycles. The molecule has 1 rings (SSSR count). The molecule has 1 fully saturated rings. The van der Waals surface area contributed by atoms with Crippen molar-refractivity contribution in [1.29, 1.82) is 0 Å². The van der Waals surface area contributed by atoms with Gasteiger partial charge in [-0.25, -0.2) is 4.72 Å². The number of halogens is 4. The predicted molar refractivity (Wildman–Crippen MR) is 63.9 cm³/mol. The molecule has 110 valence electrons. The third kappa shape index (κ3) is 8.09. The Morgan fingerprint density at radius 3 is 2.44 bits per heavy atom. The summed E-state index contributed by atoms with van der Waals surface area (Å²) in [6, 6.07) is 0.250. The minimum absolute atomic E-state index is 0. The van der Waals surface area contributed by atoms with E-state index < -0.39 is 22.9 Å². The first-order valence-corrected chi connectivity index (χ1v) is 6.81.